The number of aromatic amines is 1. The van der Waals surface area contributed by atoms with E-state index in [0.717, 1.165) is 33.3 Å². The van der Waals surface area contributed by atoms with Gasteiger partial charge in [0, 0.05) is 5.69 Å². The van der Waals surface area contributed by atoms with E-state index in [2.05, 4.69) is 16.0 Å². The number of rotatable bonds is 0. The average molecular weight is 286 g/mol. The van der Waals surface area contributed by atoms with Crippen LogP contribution >= 0.6 is 11.3 Å². The Bertz CT molecular complexity index is 823. The second-order valence-corrected chi connectivity index (χ2v) is 6.32. The first-order valence-corrected chi connectivity index (χ1v) is 7.73. The van der Waals surface area contributed by atoms with Crippen LogP contribution in [0, 0.1) is 0 Å². The highest BCUT2D eigenvalue weighted by molar-refractivity contribution is 7.25. The van der Waals surface area contributed by atoms with Gasteiger partial charge in [0.1, 0.15) is 9.53 Å². The fourth-order valence-corrected chi connectivity index (χ4v) is 3.97. The van der Waals surface area contributed by atoms with E-state index in [1.165, 1.54) is 30.5 Å². The molecule has 3 aromatic heterocycles. The third-order valence-electron chi connectivity index (χ3n) is 3.92. The number of nitrogens with one attached hydrogen (secondary N) is 1. The summed E-state index contributed by atoms with van der Waals surface area (Å²) < 4.78 is 0.946. The van der Waals surface area contributed by atoms with Crippen molar-refractivity contribution in [1.29, 1.82) is 0 Å². The molecule has 0 unspecified atom stereocenters. The number of nitrogen functional groups attached to an aromatic ring is 2. The Morgan fingerprint density at radius 1 is 1.10 bits per heavy atom. The first kappa shape index (κ1) is 11.8. The van der Waals surface area contributed by atoms with Gasteiger partial charge in [-0.15, -0.1) is 16.3 Å². The number of nitrogens with two attached hydrogens (primary N) is 2. The topological polar surface area (TPSA) is 92.0 Å². The number of hydrogen-bond acceptors (Lipinski definition) is 5. The van der Waals surface area contributed by atoms with Crippen LogP contribution in [0.2, 0.25) is 0 Å². The van der Waals surface area contributed by atoms with Gasteiger partial charge in [-0.1, -0.05) is 6.42 Å². The Morgan fingerprint density at radius 3 is 2.85 bits per heavy atom. The molecule has 4 rings (SSSR count). The number of pyridine rings is 1. The van der Waals surface area contributed by atoms with Crippen molar-refractivity contribution in [3.63, 3.8) is 0 Å². The molecule has 0 saturated heterocycles. The van der Waals surface area contributed by atoms with Gasteiger partial charge >= 0.3 is 5.95 Å². The molecule has 3 aromatic rings. The molecule has 0 saturated carbocycles. The maximum Gasteiger partial charge on any atom is 0.343 e. The van der Waals surface area contributed by atoms with Crippen LogP contribution in [0.5, 0.6) is 0 Å². The molecule has 0 radical (unpaired) electrons. The fraction of sp³-hybridized carbons (Fsp3) is 0.357. The summed E-state index contributed by atoms with van der Waals surface area (Å²) in [6, 6.07) is 2.24. The summed E-state index contributed by atoms with van der Waals surface area (Å²) in [6.45, 7) is 0. The molecule has 3 heterocycles. The molecule has 1 aliphatic rings. The summed E-state index contributed by atoms with van der Waals surface area (Å²) in [4.78, 5) is 13.2. The van der Waals surface area contributed by atoms with Crippen LogP contribution in [0.3, 0.4) is 0 Å². The van der Waals surface area contributed by atoms with Crippen LogP contribution in [0.4, 0.5) is 11.8 Å². The zero-order valence-corrected chi connectivity index (χ0v) is 11.9. The van der Waals surface area contributed by atoms with E-state index in [1.54, 1.807) is 11.3 Å². The molecule has 0 spiro atoms. The second kappa shape index (κ2) is 4.28. The monoisotopic (exact) mass is 286 g/mol. The Labute approximate surface area is 120 Å². The summed E-state index contributed by atoms with van der Waals surface area (Å²) in [7, 11) is 0. The van der Waals surface area contributed by atoms with Crippen molar-refractivity contribution in [3.8, 4) is 0 Å². The maximum atomic E-state index is 6.01. The average Bonchev–Trinajstić information content (AvgIpc) is 2.62. The van der Waals surface area contributed by atoms with E-state index < -0.39 is 0 Å². The lowest BCUT2D eigenvalue weighted by atomic mass is 10.1. The maximum absolute atomic E-state index is 6.01. The van der Waals surface area contributed by atoms with Gasteiger partial charge in [-0.3, -0.25) is 0 Å². The third-order valence-corrected chi connectivity index (χ3v) is 5.05. The van der Waals surface area contributed by atoms with E-state index in [0.29, 0.717) is 11.8 Å². The third kappa shape index (κ3) is 1.71. The van der Waals surface area contributed by atoms with Crippen molar-refractivity contribution in [1.82, 2.24) is 9.97 Å². The van der Waals surface area contributed by atoms with E-state index in [1.807, 2.05) is 0 Å². The molecular formula is C14H16N5S+. The highest BCUT2D eigenvalue weighted by atomic mass is 32.1. The number of fused-ring (bicyclic) bond motifs is 4. The summed E-state index contributed by atoms with van der Waals surface area (Å²) in [5.74, 6) is 0.926. The Kier molecular flexibility index (Phi) is 2.53. The van der Waals surface area contributed by atoms with Gasteiger partial charge in [-0.25, -0.2) is 9.97 Å². The Hall–Kier alpha value is -1.95. The van der Waals surface area contributed by atoms with Crippen molar-refractivity contribution < 1.29 is 4.98 Å². The highest BCUT2D eigenvalue weighted by Crippen LogP contribution is 2.35. The second-order valence-electron chi connectivity index (χ2n) is 5.32. The molecule has 0 bridgehead atoms. The van der Waals surface area contributed by atoms with Crippen molar-refractivity contribution in [3.05, 3.63) is 17.3 Å². The molecule has 5 N–H and O–H groups in total. The van der Waals surface area contributed by atoms with Gasteiger partial charge in [0.25, 0.3) is 0 Å². The molecule has 0 aromatic carbocycles. The largest absolute Gasteiger partial charge is 0.343 e. The zero-order chi connectivity index (χ0) is 13.7. The lowest BCUT2D eigenvalue weighted by Gasteiger charge is -2.03. The normalized spacial score (nSPS) is 15.4. The van der Waals surface area contributed by atoms with Crippen LogP contribution in [0.1, 0.15) is 30.5 Å². The van der Waals surface area contributed by atoms with E-state index >= 15 is 0 Å². The summed E-state index contributed by atoms with van der Waals surface area (Å²) >= 11 is 1.59. The minimum atomic E-state index is 0.352. The van der Waals surface area contributed by atoms with Crippen molar-refractivity contribution in [2.45, 2.75) is 32.1 Å². The lowest BCUT2D eigenvalue weighted by Crippen LogP contribution is -2.17. The molecule has 5 nitrogen and oxygen atoms in total. The van der Waals surface area contributed by atoms with Crippen molar-refractivity contribution in [2.24, 2.45) is 0 Å². The van der Waals surface area contributed by atoms with Crippen molar-refractivity contribution in [2.75, 3.05) is 11.5 Å². The molecule has 6 heteroatoms. The van der Waals surface area contributed by atoms with Crippen LogP contribution < -0.4 is 16.5 Å². The van der Waals surface area contributed by atoms with Gasteiger partial charge in [0.2, 0.25) is 5.82 Å². The van der Waals surface area contributed by atoms with Crippen LogP contribution in [0.25, 0.3) is 20.4 Å². The molecule has 0 amide bonds. The number of anilines is 2. The molecule has 0 aliphatic heterocycles. The predicted molar refractivity (Wildman–Crippen MR) is 81.6 cm³/mol. The van der Waals surface area contributed by atoms with Gasteiger partial charge < -0.3 is 11.5 Å². The summed E-state index contributed by atoms with van der Waals surface area (Å²) in [5.41, 5.74) is 15.3. The number of hydrogen-bond donors (Lipinski definition) is 2. The molecule has 102 valence electrons. The standard InChI is InChI=1S/C14H15N5S/c15-12-11-10(18-14(16)19-12)8-6-7-4-2-1-3-5-9(7)17-13(8)20-11/h6H,1-5H2,(H4,15,16,18,19)/p+1. The first-order valence-electron chi connectivity index (χ1n) is 6.91. The van der Waals surface area contributed by atoms with E-state index in [4.69, 9.17) is 16.5 Å². The Morgan fingerprint density at radius 2 is 1.95 bits per heavy atom. The minimum Gasteiger partial charge on any atom is -0.334 e. The zero-order valence-electron chi connectivity index (χ0n) is 11.1. The molecular weight excluding hydrogens is 270 g/mol. The summed E-state index contributed by atoms with van der Waals surface area (Å²) in [5, 5.41) is 1.08. The first-order chi connectivity index (χ1) is 9.72. The van der Waals surface area contributed by atoms with E-state index in [-0.39, 0.29) is 0 Å². The molecule has 1 aliphatic carbocycles. The fourth-order valence-electron chi connectivity index (χ4n) is 2.94. The van der Waals surface area contributed by atoms with Gasteiger partial charge in [0.05, 0.1) is 5.39 Å². The smallest absolute Gasteiger partial charge is 0.334 e. The summed E-state index contributed by atoms with van der Waals surface area (Å²) in [6.07, 6.45) is 5.96. The number of thiophene rings is 1. The van der Waals surface area contributed by atoms with Crippen molar-refractivity contribution >= 4 is 43.5 Å². The van der Waals surface area contributed by atoms with Crippen LogP contribution in [-0.4, -0.2) is 9.97 Å². The minimum absolute atomic E-state index is 0.352. The lowest BCUT2D eigenvalue weighted by molar-refractivity contribution is -0.344. The van der Waals surface area contributed by atoms with Gasteiger partial charge in [-0.05, 0) is 37.3 Å². The number of aromatic nitrogens is 3. The van der Waals surface area contributed by atoms with Gasteiger partial charge in [-0.2, -0.15) is 0 Å². The number of H-pyrrole nitrogens is 1. The predicted octanol–water partition coefficient (Wildman–Crippen LogP) is 2.09. The van der Waals surface area contributed by atoms with Crippen LogP contribution in [0.15, 0.2) is 6.07 Å². The van der Waals surface area contributed by atoms with E-state index in [9.17, 15) is 0 Å². The number of nitrogens with zero attached hydrogens (tertiary/aromatic N) is 2. The highest BCUT2D eigenvalue weighted by Gasteiger charge is 2.19. The van der Waals surface area contributed by atoms with Gasteiger partial charge in [0.15, 0.2) is 5.52 Å². The molecule has 0 fully saturated rings. The number of aryl methyl sites for hydroxylation is 2. The molecule has 20 heavy (non-hydrogen) atoms. The SMILES string of the molecule is Nc1nc2c(sc3nc4c(cc32)CCCCC4)c(N)[nH+]1. The quantitative estimate of drug-likeness (QED) is 0.619. The Balaban J connectivity index is 2.06. The van der Waals surface area contributed by atoms with Crippen LogP contribution in [-0.2, 0) is 12.8 Å². The molecule has 0 atom stereocenters.